The zero-order valence-electron chi connectivity index (χ0n) is 13.0. The van der Waals surface area contributed by atoms with Gasteiger partial charge in [0.15, 0.2) is 0 Å². The number of hydrogen-bond donors (Lipinski definition) is 0. The molecule has 0 aliphatic carbocycles. The highest BCUT2D eigenvalue weighted by Gasteiger charge is 2.13. The molecule has 0 radical (unpaired) electrons. The highest BCUT2D eigenvalue weighted by molar-refractivity contribution is 6.32. The first kappa shape index (κ1) is 14.8. The van der Waals surface area contributed by atoms with Gasteiger partial charge in [-0.15, -0.1) is 0 Å². The van der Waals surface area contributed by atoms with Gasteiger partial charge in [-0.25, -0.2) is 4.68 Å². The summed E-state index contributed by atoms with van der Waals surface area (Å²) in [6.45, 7) is 6.19. The maximum Gasteiger partial charge on any atom is 0.0930 e. The lowest BCUT2D eigenvalue weighted by Gasteiger charge is -2.09. The first-order valence-electron chi connectivity index (χ1n) is 7.36. The van der Waals surface area contributed by atoms with Gasteiger partial charge in [0.2, 0.25) is 0 Å². The van der Waals surface area contributed by atoms with Gasteiger partial charge < -0.3 is 0 Å². The fourth-order valence-corrected chi connectivity index (χ4v) is 2.87. The zero-order chi connectivity index (χ0) is 15.7. The van der Waals surface area contributed by atoms with Gasteiger partial charge in [-0.1, -0.05) is 36.7 Å². The van der Waals surface area contributed by atoms with E-state index in [1.54, 1.807) is 12.4 Å². The predicted molar refractivity (Wildman–Crippen MR) is 90.7 cm³/mol. The number of pyridine rings is 1. The fourth-order valence-electron chi connectivity index (χ4n) is 2.59. The Balaban J connectivity index is 2.11. The Morgan fingerprint density at radius 2 is 1.95 bits per heavy atom. The molecule has 0 saturated heterocycles. The Kier molecular flexibility index (Phi) is 3.99. The van der Waals surface area contributed by atoms with Crippen molar-refractivity contribution < 1.29 is 0 Å². The van der Waals surface area contributed by atoms with Crippen molar-refractivity contribution in [1.82, 2.24) is 14.8 Å². The molecule has 4 heteroatoms. The second-order valence-corrected chi connectivity index (χ2v) is 5.83. The van der Waals surface area contributed by atoms with Crippen LogP contribution in [0, 0.1) is 13.8 Å². The summed E-state index contributed by atoms with van der Waals surface area (Å²) >= 11 is 6.32. The minimum atomic E-state index is 0.611. The lowest BCUT2D eigenvalue weighted by molar-refractivity contribution is 0.840. The van der Waals surface area contributed by atoms with Crippen molar-refractivity contribution in [3.63, 3.8) is 0 Å². The van der Waals surface area contributed by atoms with Gasteiger partial charge >= 0.3 is 0 Å². The maximum atomic E-state index is 6.32. The number of rotatable bonds is 3. The molecule has 1 aromatic carbocycles. The Hall–Kier alpha value is -2.13. The second kappa shape index (κ2) is 5.93. The summed E-state index contributed by atoms with van der Waals surface area (Å²) in [5.41, 5.74) is 6.35. The largest absolute Gasteiger partial charge is 0.263 e. The summed E-state index contributed by atoms with van der Waals surface area (Å²) in [5.74, 6) is 0. The summed E-state index contributed by atoms with van der Waals surface area (Å²) in [5, 5.41) is 5.36. The fraction of sp³-hybridized carbons (Fsp3) is 0.222. The molecule has 3 nitrogen and oxygen atoms in total. The molecule has 0 unspecified atom stereocenters. The van der Waals surface area contributed by atoms with Crippen LogP contribution in [0.15, 0.2) is 42.7 Å². The van der Waals surface area contributed by atoms with Crippen molar-refractivity contribution in [3.8, 4) is 16.9 Å². The molecule has 0 fully saturated rings. The molecule has 0 spiro atoms. The van der Waals surface area contributed by atoms with Crippen LogP contribution in [-0.2, 0) is 6.42 Å². The predicted octanol–water partition coefficient (Wildman–Crippen LogP) is 4.77. The van der Waals surface area contributed by atoms with Crippen LogP contribution in [0.5, 0.6) is 0 Å². The third-order valence-electron chi connectivity index (χ3n) is 3.79. The molecular weight excluding hydrogens is 294 g/mol. The molecule has 0 atom stereocenters. The monoisotopic (exact) mass is 311 g/mol. The van der Waals surface area contributed by atoms with Crippen molar-refractivity contribution >= 4 is 11.6 Å². The quantitative estimate of drug-likeness (QED) is 0.697. The molecule has 112 valence electrons. The number of hydrogen-bond acceptors (Lipinski definition) is 2. The number of benzene rings is 1. The third kappa shape index (κ3) is 2.64. The van der Waals surface area contributed by atoms with Crippen molar-refractivity contribution in [2.24, 2.45) is 0 Å². The van der Waals surface area contributed by atoms with Gasteiger partial charge in [-0.3, -0.25) is 4.98 Å². The highest BCUT2D eigenvalue weighted by Crippen LogP contribution is 2.27. The molecule has 0 N–H and O–H groups in total. The minimum Gasteiger partial charge on any atom is -0.263 e. The molecule has 0 bridgehead atoms. The molecule has 3 rings (SSSR count). The van der Waals surface area contributed by atoms with E-state index in [2.05, 4.69) is 42.2 Å². The van der Waals surface area contributed by atoms with Crippen LogP contribution in [0.25, 0.3) is 16.9 Å². The van der Waals surface area contributed by atoms with Gasteiger partial charge in [0.05, 0.1) is 16.4 Å². The smallest absolute Gasteiger partial charge is 0.0930 e. The van der Waals surface area contributed by atoms with Gasteiger partial charge in [0.1, 0.15) is 0 Å². The Bertz CT molecular complexity index is 801. The van der Waals surface area contributed by atoms with E-state index in [4.69, 9.17) is 16.7 Å². The summed E-state index contributed by atoms with van der Waals surface area (Å²) in [6, 6.07) is 10.6. The van der Waals surface area contributed by atoms with Crippen LogP contribution in [0.2, 0.25) is 5.02 Å². The van der Waals surface area contributed by atoms with E-state index in [0.29, 0.717) is 5.02 Å². The van der Waals surface area contributed by atoms with Gasteiger partial charge in [0.25, 0.3) is 0 Å². The van der Waals surface area contributed by atoms with Crippen molar-refractivity contribution in [2.45, 2.75) is 27.2 Å². The molecule has 0 aliphatic rings. The van der Waals surface area contributed by atoms with Crippen LogP contribution in [0.1, 0.15) is 23.7 Å². The van der Waals surface area contributed by atoms with Gasteiger partial charge in [-0.2, -0.15) is 5.10 Å². The van der Waals surface area contributed by atoms with E-state index in [0.717, 1.165) is 34.6 Å². The number of halogens is 1. The first-order chi connectivity index (χ1) is 10.6. The Morgan fingerprint density at radius 1 is 1.14 bits per heavy atom. The van der Waals surface area contributed by atoms with Gasteiger partial charge in [0, 0.05) is 23.7 Å². The summed E-state index contributed by atoms with van der Waals surface area (Å²) in [7, 11) is 0. The van der Waals surface area contributed by atoms with E-state index in [1.807, 2.05) is 18.5 Å². The molecule has 0 aliphatic heterocycles. The van der Waals surface area contributed by atoms with E-state index < -0.39 is 0 Å². The van der Waals surface area contributed by atoms with Gasteiger partial charge in [-0.05, 0) is 43.5 Å². The summed E-state index contributed by atoms with van der Waals surface area (Å²) in [4.78, 5) is 4.11. The third-order valence-corrected chi connectivity index (χ3v) is 4.06. The van der Waals surface area contributed by atoms with Crippen LogP contribution in [-0.4, -0.2) is 14.8 Å². The number of aromatic nitrogens is 3. The molecule has 3 aromatic rings. The lowest BCUT2D eigenvalue weighted by Crippen LogP contribution is -2.03. The SMILES string of the molecule is CCc1cccc(-c2cc(C)n(-c3c(C)cncc3Cl)n2)c1. The topological polar surface area (TPSA) is 30.7 Å². The lowest BCUT2D eigenvalue weighted by atomic mass is 10.1. The number of nitrogens with zero attached hydrogens (tertiary/aromatic N) is 3. The van der Waals surface area contributed by atoms with Crippen molar-refractivity contribution in [2.75, 3.05) is 0 Å². The molecular formula is C18H18ClN3. The highest BCUT2D eigenvalue weighted by atomic mass is 35.5. The first-order valence-corrected chi connectivity index (χ1v) is 7.74. The maximum absolute atomic E-state index is 6.32. The Labute approximate surface area is 135 Å². The number of aryl methyl sites for hydroxylation is 3. The van der Waals surface area contributed by atoms with Crippen LogP contribution < -0.4 is 0 Å². The second-order valence-electron chi connectivity index (χ2n) is 5.42. The molecule has 2 aromatic heterocycles. The van der Waals surface area contributed by atoms with Crippen LogP contribution in [0.4, 0.5) is 0 Å². The van der Waals surface area contributed by atoms with E-state index in [-0.39, 0.29) is 0 Å². The average Bonchev–Trinajstić information content (AvgIpc) is 2.89. The van der Waals surface area contributed by atoms with E-state index >= 15 is 0 Å². The average molecular weight is 312 g/mol. The van der Waals surface area contributed by atoms with E-state index in [9.17, 15) is 0 Å². The summed E-state index contributed by atoms with van der Waals surface area (Å²) in [6.07, 6.45) is 4.48. The standard InChI is InChI=1S/C18H18ClN3/c1-4-14-6-5-7-15(9-14)17-8-13(3)22(21-17)18-12(2)10-20-11-16(18)19/h5-11H,4H2,1-3H3. The summed E-state index contributed by atoms with van der Waals surface area (Å²) < 4.78 is 1.90. The zero-order valence-corrected chi connectivity index (χ0v) is 13.7. The van der Waals surface area contributed by atoms with E-state index in [1.165, 1.54) is 5.56 Å². The van der Waals surface area contributed by atoms with Crippen molar-refractivity contribution in [3.05, 3.63) is 64.6 Å². The normalized spacial score (nSPS) is 10.9. The molecule has 2 heterocycles. The Morgan fingerprint density at radius 3 is 2.68 bits per heavy atom. The molecule has 0 amide bonds. The molecule has 0 saturated carbocycles. The molecule has 22 heavy (non-hydrogen) atoms. The van der Waals surface area contributed by atoms with Crippen LogP contribution >= 0.6 is 11.6 Å². The van der Waals surface area contributed by atoms with Crippen LogP contribution in [0.3, 0.4) is 0 Å². The minimum absolute atomic E-state index is 0.611. The van der Waals surface area contributed by atoms with Crippen molar-refractivity contribution in [1.29, 1.82) is 0 Å².